The number of aromatic nitrogens is 1. The lowest BCUT2D eigenvalue weighted by molar-refractivity contribution is 0.415. The standard InChI is InChI=1S/C19H20ClN3O3S2/c1-22(2)28(24,25)18-11-13(5-10-16(18)20)17-12-27-19(23(17)3)21-14-6-8-15(26-4)9-7-14/h5-12H,1-4H3. The molecule has 0 saturated carbocycles. The van der Waals surface area contributed by atoms with Crippen LogP contribution in [0.2, 0.25) is 5.02 Å². The lowest BCUT2D eigenvalue weighted by Crippen LogP contribution is -2.22. The summed E-state index contributed by atoms with van der Waals surface area (Å²) in [6, 6.07) is 12.5. The van der Waals surface area contributed by atoms with E-state index in [1.165, 1.54) is 25.4 Å². The van der Waals surface area contributed by atoms with Gasteiger partial charge in [-0.15, -0.1) is 11.3 Å². The van der Waals surface area contributed by atoms with Crippen molar-refractivity contribution in [2.75, 3.05) is 21.2 Å². The summed E-state index contributed by atoms with van der Waals surface area (Å²) >= 11 is 7.62. The molecule has 6 nitrogen and oxygen atoms in total. The fourth-order valence-corrected chi connectivity index (χ4v) is 4.88. The molecule has 0 aliphatic heterocycles. The van der Waals surface area contributed by atoms with Crippen LogP contribution in [0.4, 0.5) is 5.69 Å². The van der Waals surface area contributed by atoms with E-state index in [2.05, 4.69) is 4.99 Å². The Hall–Kier alpha value is -2.13. The molecule has 28 heavy (non-hydrogen) atoms. The molecule has 0 spiro atoms. The van der Waals surface area contributed by atoms with Crippen molar-refractivity contribution in [3.63, 3.8) is 0 Å². The smallest absolute Gasteiger partial charge is 0.244 e. The largest absolute Gasteiger partial charge is 0.497 e. The van der Waals surface area contributed by atoms with E-state index in [9.17, 15) is 8.42 Å². The van der Waals surface area contributed by atoms with Gasteiger partial charge in [0.25, 0.3) is 0 Å². The summed E-state index contributed by atoms with van der Waals surface area (Å²) in [5.74, 6) is 0.769. The van der Waals surface area contributed by atoms with Gasteiger partial charge in [0, 0.05) is 32.1 Å². The van der Waals surface area contributed by atoms with Crippen LogP contribution < -0.4 is 9.54 Å². The first-order valence-electron chi connectivity index (χ1n) is 8.30. The average molecular weight is 438 g/mol. The Morgan fingerprint density at radius 3 is 2.43 bits per heavy atom. The van der Waals surface area contributed by atoms with Crippen LogP contribution >= 0.6 is 22.9 Å². The van der Waals surface area contributed by atoms with Gasteiger partial charge in [0.2, 0.25) is 10.0 Å². The first-order chi connectivity index (χ1) is 13.2. The predicted molar refractivity (Wildman–Crippen MR) is 113 cm³/mol. The zero-order chi connectivity index (χ0) is 20.5. The SMILES string of the molecule is COc1ccc(N=c2scc(-c3ccc(Cl)c(S(=O)(=O)N(C)C)c3)n2C)cc1. The third kappa shape index (κ3) is 4.00. The molecule has 0 atom stereocenters. The van der Waals surface area contributed by atoms with E-state index in [1.807, 2.05) is 41.3 Å². The van der Waals surface area contributed by atoms with E-state index in [-0.39, 0.29) is 9.92 Å². The molecule has 0 unspecified atom stereocenters. The fraction of sp³-hybridized carbons (Fsp3) is 0.211. The molecule has 9 heteroatoms. The molecule has 0 N–H and O–H groups in total. The van der Waals surface area contributed by atoms with Gasteiger partial charge in [-0.2, -0.15) is 0 Å². The van der Waals surface area contributed by atoms with Gasteiger partial charge in [-0.25, -0.2) is 17.7 Å². The van der Waals surface area contributed by atoms with Gasteiger partial charge in [-0.05, 0) is 36.4 Å². The summed E-state index contributed by atoms with van der Waals surface area (Å²) < 4.78 is 33.3. The topological polar surface area (TPSA) is 63.9 Å². The van der Waals surface area contributed by atoms with Crippen LogP contribution in [0, 0.1) is 0 Å². The maximum absolute atomic E-state index is 12.5. The van der Waals surface area contributed by atoms with E-state index >= 15 is 0 Å². The number of halogens is 1. The van der Waals surface area contributed by atoms with Crippen molar-refractivity contribution >= 4 is 38.6 Å². The van der Waals surface area contributed by atoms with Crippen molar-refractivity contribution < 1.29 is 13.2 Å². The Kier molecular flexibility index (Phi) is 5.95. The highest BCUT2D eigenvalue weighted by atomic mass is 35.5. The minimum atomic E-state index is -3.64. The summed E-state index contributed by atoms with van der Waals surface area (Å²) in [7, 11) is 2.83. The van der Waals surface area contributed by atoms with Gasteiger partial charge < -0.3 is 9.30 Å². The highest BCUT2D eigenvalue weighted by molar-refractivity contribution is 7.89. The number of methoxy groups -OCH3 is 1. The second-order valence-electron chi connectivity index (χ2n) is 6.20. The second kappa shape index (κ2) is 8.08. The molecular weight excluding hydrogens is 418 g/mol. The molecule has 148 valence electrons. The Labute approximate surface area is 173 Å². The maximum atomic E-state index is 12.5. The molecule has 0 fully saturated rings. The van der Waals surface area contributed by atoms with Gasteiger partial charge in [0.1, 0.15) is 10.6 Å². The van der Waals surface area contributed by atoms with E-state index in [1.54, 1.807) is 25.3 Å². The van der Waals surface area contributed by atoms with Gasteiger partial charge in [-0.3, -0.25) is 0 Å². The normalized spacial score (nSPS) is 12.6. The number of ether oxygens (including phenoxy) is 1. The van der Waals surface area contributed by atoms with Crippen molar-refractivity contribution in [2.24, 2.45) is 12.0 Å². The monoisotopic (exact) mass is 437 g/mol. The van der Waals surface area contributed by atoms with Crippen LogP contribution in [0.3, 0.4) is 0 Å². The Morgan fingerprint density at radius 2 is 1.82 bits per heavy atom. The van der Waals surface area contributed by atoms with Gasteiger partial charge in [0.15, 0.2) is 4.80 Å². The van der Waals surface area contributed by atoms with Crippen molar-refractivity contribution in [3.05, 3.63) is 57.7 Å². The molecule has 1 heterocycles. The number of rotatable bonds is 5. The highest BCUT2D eigenvalue weighted by Gasteiger charge is 2.22. The number of sulfonamides is 1. The van der Waals surface area contributed by atoms with Crippen LogP contribution in [0.15, 0.2) is 57.7 Å². The van der Waals surface area contributed by atoms with E-state index in [4.69, 9.17) is 16.3 Å². The summed E-state index contributed by atoms with van der Waals surface area (Å²) in [5, 5.41) is 2.14. The van der Waals surface area contributed by atoms with E-state index in [0.29, 0.717) is 0 Å². The van der Waals surface area contributed by atoms with Gasteiger partial charge in [-0.1, -0.05) is 17.7 Å². The average Bonchev–Trinajstić information content (AvgIpc) is 3.03. The Balaban J connectivity index is 2.06. The second-order valence-corrected chi connectivity index (χ2v) is 9.57. The van der Waals surface area contributed by atoms with E-state index < -0.39 is 10.0 Å². The zero-order valence-electron chi connectivity index (χ0n) is 15.9. The quantitative estimate of drug-likeness (QED) is 0.608. The number of hydrogen-bond donors (Lipinski definition) is 0. The highest BCUT2D eigenvalue weighted by Crippen LogP contribution is 2.29. The van der Waals surface area contributed by atoms with E-state index in [0.717, 1.165) is 31.8 Å². The van der Waals surface area contributed by atoms with Crippen LogP contribution in [-0.2, 0) is 17.1 Å². The molecular formula is C19H20ClN3O3S2. The van der Waals surface area contributed by atoms with Crippen molar-refractivity contribution in [3.8, 4) is 17.0 Å². The molecule has 0 aliphatic rings. The summed E-state index contributed by atoms with van der Waals surface area (Å²) in [6.45, 7) is 0. The Bertz CT molecular complexity index is 1160. The molecule has 3 rings (SSSR count). The van der Waals surface area contributed by atoms with Crippen molar-refractivity contribution in [1.82, 2.24) is 8.87 Å². The van der Waals surface area contributed by atoms with Crippen LogP contribution in [-0.4, -0.2) is 38.5 Å². The zero-order valence-corrected chi connectivity index (χ0v) is 18.3. The van der Waals surface area contributed by atoms with Crippen LogP contribution in [0.1, 0.15) is 0 Å². The molecule has 2 aromatic carbocycles. The lowest BCUT2D eigenvalue weighted by atomic mass is 10.2. The first kappa shape index (κ1) is 20.6. The number of benzene rings is 2. The predicted octanol–water partition coefficient (Wildman–Crippen LogP) is 3.90. The molecule has 0 saturated heterocycles. The van der Waals surface area contributed by atoms with Gasteiger partial charge >= 0.3 is 0 Å². The summed E-state index contributed by atoms with van der Waals surface area (Å²) in [4.78, 5) is 5.52. The van der Waals surface area contributed by atoms with Gasteiger partial charge in [0.05, 0.1) is 23.5 Å². The molecule has 3 aromatic rings. The molecule has 1 aromatic heterocycles. The third-order valence-corrected chi connectivity index (χ3v) is 7.42. The fourth-order valence-electron chi connectivity index (χ4n) is 2.56. The Morgan fingerprint density at radius 1 is 1.14 bits per heavy atom. The summed E-state index contributed by atoms with van der Waals surface area (Å²) in [5.41, 5.74) is 2.40. The third-order valence-electron chi connectivity index (χ3n) is 4.21. The number of nitrogens with zero attached hydrogens (tertiary/aromatic N) is 3. The lowest BCUT2D eigenvalue weighted by Gasteiger charge is -2.14. The first-order valence-corrected chi connectivity index (χ1v) is 11.0. The minimum absolute atomic E-state index is 0.0801. The molecule has 0 radical (unpaired) electrons. The number of thiazole rings is 1. The van der Waals surface area contributed by atoms with Crippen molar-refractivity contribution in [2.45, 2.75) is 4.90 Å². The minimum Gasteiger partial charge on any atom is -0.497 e. The molecule has 0 amide bonds. The molecule has 0 bridgehead atoms. The molecule has 0 aliphatic carbocycles. The summed E-state index contributed by atoms with van der Waals surface area (Å²) in [6.07, 6.45) is 0. The maximum Gasteiger partial charge on any atom is 0.244 e. The van der Waals surface area contributed by atoms with Crippen molar-refractivity contribution in [1.29, 1.82) is 0 Å². The number of hydrogen-bond acceptors (Lipinski definition) is 5. The van der Waals surface area contributed by atoms with Crippen LogP contribution in [0.5, 0.6) is 5.75 Å². The van der Waals surface area contributed by atoms with Crippen LogP contribution in [0.25, 0.3) is 11.3 Å².